The van der Waals surface area contributed by atoms with Gasteiger partial charge in [0.2, 0.25) is 5.91 Å². The summed E-state index contributed by atoms with van der Waals surface area (Å²) in [7, 11) is 0. The Morgan fingerprint density at radius 3 is 3.00 bits per heavy atom. The number of carbonyl (C=O) groups is 1. The smallest absolute Gasteiger partial charge is 0.223 e. The van der Waals surface area contributed by atoms with Gasteiger partial charge < -0.3 is 4.90 Å². The van der Waals surface area contributed by atoms with Crippen molar-refractivity contribution in [1.82, 2.24) is 4.90 Å². The van der Waals surface area contributed by atoms with Crippen molar-refractivity contribution in [2.24, 2.45) is 0 Å². The van der Waals surface area contributed by atoms with E-state index < -0.39 is 0 Å². The SMILES string of the molecule is CSCCCN1CC(S)CC1=O. The Balaban J connectivity index is 2.19. The molecular formula is C8H15NOS2. The van der Waals surface area contributed by atoms with E-state index in [0.29, 0.717) is 6.42 Å². The fraction of sp³-hybridized carbons (Fsp3) is 0.875. The molecular weight excluding hydrogens is 190 g/mol. The van der Waals surface area contributed by atoms with Crippen molar-refractivity contribution in [3.63, 3.8) is 0 Å². The quantitative estimate of drug-likeness (QED) is 0.551. The van der Waals surface area contributed by atoms with Crippen LogP contribution in [-0.2, 0) is 4.79 Å². The standard InChI is InChI=1S/C8H15NOS2/c1-12-4-2-3-9-6-7(11)5-8(9)10/h7,11H,2-6H2,1H3. The zero-order chi connectivity index (χ0) is 8.97. The summed E-state index contributed by atoms with van der Waals surface area (Å²) >= 11 is 6.12. The molecule has 1 unspecified atom stereocenters. The van der Waals surface area contributed by atoms with Crippen molar-refractivity contribution >= 4 is 30.3 Å². The Morgan fingerprint density at radius 1 is 1.75 bits per heavy atom. The average Bonchev–Trinajstić information content (AvgIpc) is 2.31. The van der Waals surface area contributed by atoms with Gasteiger partial charge in [-0.3, -0.25) is 4.79 Å². The van der Waals surface area contributed by atoms with Crippen LogP contribution < -0.4 is 0 Å². The Morgan fingerprint density at radius 2 is 2.50 bits per heavy atom. The number of nitrogens with zero attached hydrogens (tertiary/aromatic N) is 1. The normalized spacial score (nSPS) is 23.7. The molecule has 0 bridgehead atoms. The average molecular weight is 205 g/mol. The first kappa shape index (κ1) is 10.3. The van der Waals surface area contributed by atoms with Crippen molar-refractivity contribution in [3.8, 4) is 0 Å². The van der Waals surface area contributed by atoms with E-state index in [4.69, 9.17) is 0 Å². The van der Waals surface area contributed by atoms with E-state index in [-0.39, 0.29) is 11.2 Å². The largest absolute Gasteiger partial charge is 0.342 e. The molecule has 1 aliphatic rings. The highest BCUT2D eigenvalue weighted by atomic mass is 32.2. The molecule has 0 aromatic carbocycles. The first-order valence-corrected chi connectivity index (χ1v) is 6.10. The summed E-state index contributed by atoms with van der Waals surface area (Å²) in [6.45, 7) is 1.76. The lowest BCUT2D eigenvalue weighted by Gasteiger charge is -2.14. The molecule has 1 amide bonds. The van der Waals surface area contributed by atoms with Crippen LogP contribution in [0.5, 0.6) is 0 Å². The van der Waals surface area contributed by atoms with E-state index in [1.165, 1.54) is 0 Å². The molecule has 0 aromatic heterocycles. The molecule has 1 atom stereocenters. The number of likely N-dealkylation sites (tertiary alicyclic amines) is 1. The predicted octanol–water partition coefficient (Wildman–Crippen LogP) is 1.27. The first-order chi connectivity index (χ1) is 5.74. The topological polar surface area (TPSA) is 20.3 Å². The fourth-order valence-corrected chi connectivity index (χ4v) is 2.14. The molecule has 0 spiro atoms. The van der Waals surface area contributed by atoms with Gasteiger partial charge in [-0.1, -0.05) is 0 Å². The van der Waals surface area contributed by atoms with Gasteiger partial charge in [-0.2, -0.15) is 24.4 Å². The lowest BCUT2D eigenvalue weighted by atomic mass is 10.4. The van der Waals surface area contributed by atoms with Crippen LogP contribution in [-0.4, -0.2) is 41.2 Å². The van der Waals surface area contributed by atoms with E-state index in [2.05, 4.69) is 18.9 Å². The van der Waals surface area contributed by atoms with E-state index >= 15 is 0 Å². The summed E-state index contributed by atoms with van der Waals surface area (Å²) in [6.07, 6.45) is 3.82. The van der Waals surface area contributed by atoms with Gasteiger partial charge in [0.25, 0.3) is 0 Å². The molecule has 2 nitrogen and oxygen atoms in total. The lowest BCUT2D eigenvalue weighted by molar-refractivity contribution is -0.127. The predicted molar refractivity (Wildman–Crippen MR) is 57.0 cm³/mol. The second-order valence-electron chi connectivity index (χ2n) is 3.04. The maximum absolute atomic E-state index is 11.2. The van der Waals surface area contributed by atoms with Gasteiger partial charge in [0.1, 0.15) is 0 Å². The van der Waals surface area contributed by atoms with Gasteiger partial charge in [-0.15, -0.1) is 0 Å². The van der Waals surface area contributed by atoms with Crippen LogP contribution in [0.1, 0.15) is 12.8 Å². The van der Waals surface area contributed by atoms with E-state index in [0.717, 1.165) is 25.3 Å². The molecule has 1 aliphatic heterocycles. The minimum absolute atomic E-state index is 0.270. The second kappa shape index (κ2) is 5.02. The molecule has 1 saturated heterocycles. The molecule has 0 radical (unpaired) electrons. The summed E-state index contributed by atoms with van der Waals surface area (Å²) in [4.78, 5) is 13.2. The van der Waals surface area contributed by atoms with Crippen LogP contribution in [0.4, 0.5) is 0 Å². The molecule has 1 heterocycles. The third-order valence-corrected chi connectivity index (χ3v) is 3.01. The van der Waals surface area contributed by atoms with Crippen LogP contribution in [0.3, 0.4) is 0 Å². The van der Waals surface area contributed by atoms with Gasteiger partial charge in [-0.25, -0.2) is 0 Å². The van der Waals surface area contributed by atoms with Crippen LogP contribution in [0.15, 0.2) is 0 Å². The van der Waals surface area contributed by atoms with Crippen LogP contribution >= 0.6 is 24.4 Å². The van der Waals surface area contributed by atoms with Crippen molar-refractivity contribution in [3.05, 3.63) is 0 Å². The van der Waals surface area contributed by atoms with Crippen LogP contribution in [0.25, 0.3) is 0 Å². The van der Waals surface area contributed by atoms with E-state index in [9.17, 15) is 4.79 Å². The molecule has 1 fully saturated rings. The molecule has 0 saturated carbocycles. The number of hydrogen-bond acceptors (Lipinski definition) is 3. The van der Waals surface area contributed by atoms with Crippen molar-refractivity contribution in [2.75, 3.05) is 25.1 Å². The third-order valence-electron chi connectivity index (χ3n) is 1.97. The second-order valence-corrected chi connectivity index (χ2v) is 4.76. The Bertz CT molecular complexity index is 163. The molecule has 0 aliphatic carbocycles. The maximum atomic E-state index is 11.2. The number of rotatable bonds is 4. The van der Waals surface area contributed by atoms with Gasteiger partial charge in [0, 0.05) is 24.8 Å². The van der Waals surface area contributed by atoms with Gasteiger partial charge >= 0.3 is 0 Å². The fourth-order valence-electron chi connectivity index (χ4n) is 1.37. The molecule has 1 rings (SSSR count). The summed E-state index contributed by atoms with van der Waals surface area (Å²) < 4.78 is 0. The third kappa shape index (κ3) is 2.90. The van der Waals surface area contributed by atoms with Crippen molar-refractivity contribution in [1.29, 1.82) is 0 Å². The first-order valence-electron chi connectivity index (χ1n) is 4.19. The highest BCUT2D eigenvalue weighted by molar-refractivity contribution is 7.98. The molecule has 70 valence electrons. The monoisotopic (exact) mass is 205 g/mol. The zero-order valence-corrected chi connectivity index (χ0v) is 9.03. The number of thioether (sulfide) groups is 1. The van der Waals surface area contributed by atoms with Gasteiger partial charge in [0.15, 0.2) is 0 Å². The van der Waals surface area contributed by atoms with E-state index in [1.54, 1.807) is 0 Å². The van der Waals surface area contributed by atoms with Crippen LogP contribution in [0.2, 0.25) is 0 Å². The molecule has 0 aromatic rings. The van der Waals surface area contributed by atoms with Gasteiger partial charge in [-0.05, 0) is 18.4 Å². The zero-order valence-electron chi connectivity index (χ0n) is 7.32. The molecule has 0 N–H and O–H groups in total. The number of carbonyl (C=O) groups excluding carboxylic acids is 1. The Labute approximate surface area is 83.5 Å². The lowest BCUT2D eigenvalue weighted by Crippen LogP contribution is -2.26. The molecule has 4 heteroatoms. The van der Waals surface area contributed by atoms with Crippen molar-refractivity contribution < 1.29 is 4.79 Å². The summed E-state index contributed by atoms with van der Waals surface area (Å²) in [5.41, 5.74) is 0. The van der Waals surface area contributed by atoms with E-state index in [1.807, 2.05) is 16.7 Å². The van der Waals surface area contributed by atoms with Crippen molar-refractivity contribution in [2.45, 2.75) is 18.1 Å². The highest BCUT2D eigenvalue weighted by Gasteiger charge is 2.25. The minimum Gasteiger partial charge on any atom is -0.342 e. The minimum atomic E-state index is 0.270. The maximum Gasteiger partial charge on any atom is 0.223 e. The Hall–Kier alpha value is 0.170. The summed E-state index contributed by atoms with van der Waals surface area (Å²) in [6, 6.07) is 0. The number of hydrogen-bond donors (Lipinski definition) is 1. The number of amides is 1. The molecule has 12 heavy (non-hydrogen) atoms. The Kier molecular flexibility index (Phi) is 4.29. The van der Waals surface area contributed by atoms with Crippen LogP contribution in [0, 0.1) is 0 Å². The number of thiol groups is 1. The van der Waals surface area contributed by atoms with Gasteiger partial charge in [0.05, 0.1) is 0 Å². The highest BCUT2D eigenvalue weighted by Crippen LogP contribution is 2.16. The summed E-state index contributed by atoms with van der Waals surface area (Å²) in [5.74, 6) is 1.41. The summed E-state index contributed by atoms with van der Waals surface area (Å²) in [5, 5.41) is 0.270.